The summed E-state index contributed by atoms with van der Waals surface area (Å²) in [7, 11) is 0. The molecule has 1 atom stereocenters. The summed E-state index contributed by atoms with van der Waals surface area (Å²) in [5.41, 5.74) is 0. The van der Waals surface area contributed by atoms with Crippen molar-refractivity contribution in [1.82, 2.24) is 10.6 Å². The molecule has 98 valence electrons. The fourth-order valence-electron chi connectivity index (χ4n) is 1.31. The molecule has 0 bridgehead atoms. The Hall–Kier alpha value is -2.97. The highest BCUT2D eigenvalue weighted by atomic mass is 16.6. The van der Waals surface area contributed by atoms with Crippen molar-refractivity contribution in [2.24, 2.45) is 4.99 Å². The number of hydrogen-bond donors (Lipinski definition) is 2. The molecule has 9 heteroatoms. The maximum Gasteiger partial charge on any atom is 0.433 e. The van der Waals surface area contributed by atoms with Crippen molar-refractivity contribution in [3.8, 4) is 0 Å². The van der Waals surface area contributed by atoms with Crippen molar-refractivity contribution >= 4 is 30.1 Å². The van der Waals surface area contributed by atoms with Crippen molar-refractivity contribution in [3.63, 3.8) is 0 Å². The Morgan fingerprint density at radius 3 is 2.79 bits per heavy atom. The number of urea groups is 1. The summed E-state index contributed by atoms with van der Waals surface area (Å²) >= 11 is 0. The number of nitro groups is 1. The fraction of sp³-hybridized carbons (Fsp3) is 0.100. The highest BCUT2D eigenvalue weighted by molar-refractivity contribution is 6.04. The number of nitrogens with zero attached hydrogens (tertiary/aromatic N) is 2. The minimum atomic E-state index is -0.955. The van der Waals surface area contributed by atoms with Gasteiger partial charge in [-0.3, -0.25) is 25.2 Å². The van der Waals surface area contributed by atoms with Crippen molar-refractivity contribution in [1.29, 1.82) is 0 Å². The lowest BCUT2D eigenvalue weighted by molar-refractivity contribution is -0.402. The van der Waals surface area contributed by atoms with Gasteiger partial charge < -0.3 is 9.73 Å². The van der Waals surface area contributed by atoms with E-state index in [1.807, 2.05) is 5.32 Å². The minimum absolute atomic E-state index is 0.276. The second kappa shape index (κ2) is 5.12. The van der Waals surface area contributed by atoms with E-state index in [-0.39, 0.29) is 11.6 Å². The smallest absolute Gasteiger partial charge is 0.401 e. The van der Waals surface area contributed by atoms with Gasteiger partial charge in [0.15, 0.2) is 0 Å². The molecule has 1 saturated heterocycles. The molecule has 19 heavy (non-hydrogen) atoms. The molecular weight excluding hydrogens is 256 g/mol. The molecular formula is C10H8N4O5. The molecule has 9 nitrogen and oxygen atoms in total. The van der Waals surface area contributed by atoms with Crippen molar-refractivity contribution in [3.05, 3.63) is 34.1 Å². The molecule has 0 spiro atoms. The number of nitrogens with one attached hydrogen (secondary N) is 2. The van der Waals surface area contributed by atoms with E-state index < -0.39 is 23.0 Å². The van der Waals surface area contributed by atoms with Crippen LogP contribution in [-0.4, -0.2) is 29.2 Å². The number of aliphatic imine (C=N–C) groups is 1. The number of allylic oxidation sites excluding steroid dienone is 1. The van der Waals surface area contributed by atoms with Gasteiger partial charge in [0.2, 0.25) is 6.17 Å². The first kappa shape index (κ1) is 12.5. The van der Waals surface area contributed by atoms with Crippen molar-refractivity contribution in [2.75, 3.05) is 0 Å². The maximum absolute atomic E-state index is 11.1. The van der Waals surface area contributed by atoms with Crippen LogP contribution in [0.3, 0.4) is 0 Å². The van der Waals surface area contributed by atoms with E-state index in [2.05, 4.69) is 10.3 Å². The number of carbonyl (C=O) groups is 2. The third-order valence-electron chi connectivity index (χ3n) is 2.13. The quantitative estimate of drug-likeness (QED) is 0.353. The Labute approximate surface area is 106 Å². The highest BCUT2D eigenvalue weighted by Crippen LogP contribution is 2.16. The second-order valence-corrected chi connectivity index (χ2v) is 3.46. The maximum atomic E-state index is 11.1. The molecule has 3 amide bonds. The van der Waals surface area contributed by atoms with E-state index in [4.69, 9.17) is 4.42 Å². The summed E-state index contributed by atoms with van der Waals surface area (Å²) in [6.07, 6.45) is 3.19. The predicted molar refractivity (Wildman–Crippen MR) is 63.4 cm³/mol. The lowest BCUT2D eigenvalue weighted by Crippen LogP contribution is -2.26. The van der Waals surface area contributed by atoms with Gasteiger partial charge in [-0.1, -0.05) is 0 Å². The summed E-state index contributed by atoms with van der Waals surface area (Å²) in [5, 5.41) is 14.7. The van der Waals surface area contributed by atoms with Crippen LogP contribution in [0.25, 0.3) is 6.08 Å². The summed E-state index contributed by atoms with van der Waals surface area (Å²) in [6, 6.07) is 2.05. The molecule has 0 radical (unpaired) electrons. The molecule has 1 aliphatic heterocycles. The van der Waals surface area contributed by atoms with Gasteiger partial charge >= 0.3 is 11.9 Å². The third-order valence-corrected chi connectivity index (χ3v) is 2.13. The van der Waals surface area contributed by atoms with Gasteiger partial charge in [-0.05, 0) is 18.2 Å². The first-order valence-corrected chi connectivity index (χ1v) is 5.12. The van der Waals surface area contributed by atoms with E-state index in [9.17, 15) is 19.7 Å². The fourth-order valence-corrected chi connectivity index (χ4v) is 1.31. The molecule has 1 unspecified atom stereocenters. The molecule has 0 aliphatic carbocycles. The monoisotopic (exact) mass is 264 g/mol. The first-order valence-electron chi connectivity index (χ1n) is 5.12. The Balaban J connectivity index is 1.94. The van der Waals surface area contributed by atoms with E-state index in [1.54, 1.807) is 0 Å². The molecule has 2 heterocycles. The van der Waals surface area contributed by atoms with E-state index >= 15 is 0 Å². The normalized spacial score (nSPS) is 19.1. The van der Waals surface area contributed by atoms with Gasteiger partial charge in [-0.2, -0.15) is 0 Å². The van der Waals surface area contributed by atoms with Gasteiger partial charge in [-0.25, -0.2) is 4.79 Å². The summed E-state index contributed by atoms with van der Waals surface area (Å²) in [5.74, 6) is -0.625. The van der Waals surface area contributed by atoms with Gasteiger partial charge in [-0.15, -0.1) is 0 Å². The lowest BCUT2D eigenvalue weighted by Gasteiger charge is -1.96. The van der Waals surface area contributed by atoms with Crippen LogP contribution >= 0.6 is 0 Å². The molecule has 0 saturated carbocycles. The van der Waals surface area contributed by atoms with Crippen molar-refractivity contribution in [2.45, 2.75) is 6.17 Å². The van der Waals surface area contributed by atoms with E-state index in [0.29, 0.717) is 0 Å². The molecule has 2 rings (SSSR count). The molecule has 1 aromatic heterocycles. The van der Waals surface area contributed by atoms with Crippen LogP contribution in [0.5, 0.6) is 0 Å². The van der Waals surface area contributed by atoms with Gasteiger partial charge in [0.25, 0.3) is 5.91 Å². The summed E-state index contributed by atoms with van der Waals surface area (Å²) in [4.78, 5) is 35.4. The molecule has 1 fully saturated rings. The standard InChI is InChI=1S/C10H8N4O5/c15-9-8(12-10(16)13-9)11-5-1-2-6-3-4-7(19-6)14(17)18/h1-5,8H,(H2,12,13,15,16). The highest BCUT2D eigenvalue weighted by Gasteiger charge is 2.27. The molecule has 0 aromatic carbocycles. The topological polar surface area (TPSA) is 127 Å². The zero-order valence-electron chi connectivity index (χ0n) is 9.40. The van der Waals surface area contributed by atoms with E-state index in [1.165, 1.54) is 30.5 Å². The number of furan rings is 1. The lowest BCUT2D eigenvalue weighted by atomic mass is 10.4. The minimum Gasteiger partial charge on any atom is -0.401 e. The Morgan fingerprint density at radius 1 is 1.42 bits per heavy atom. The second-order valence-electron chi connectivity index (χ2n) is 3.46. The number of hydrogen-bond acceptors (Lipinski definition) is 6. The zero-order chi connectivity index (χ0) is 13.8. The number of amides is 3. The molecule has 2 N–H and O–H groups in total. The van der Waals surface area contributed by atoms with Gasteiger partial charge in [0.05, 0.1) is 6.07 Å². The molecule has 1 aliphatic rings. The Morgan fingerprint density at radius 2 is 2.21 bits per heavy atom. The summed E-state index contributed by atoms with van der Waals surface area (Å²) < 4.78 is 4.86. The third kappa shape index (κ3) is 3.03. The van der Waals surface area contributed by atoms with Crippen LogP contribution in [-0.2, 0) is 4.79 Å². The van der Waals surface area contributed by atoms with Gasteiger partial charge in [0.1, 0.15) is 10.7 Å². The number of rotatable bonds is 4. The first-order chi connectivity index (χ1) is 9.06. The Kier molecular flexibility index (Phi) is 3.37. The average Bonchev–Trinajstić information content (AvgIpc) is 2.92. The van der Waals surface area contributed by atoms with Crippen molar-refractivity contribution < 1.29 is 18.9 Å². The Bertz CT molecular complexity index is 588. The van der Waals surface area contributed by atoms with E-state index in [0.717, 1.165) is 0 Å². The van der Waals surface area contributed by atoms with Crippen LogP contribution in [0.2, 0.25) is 0 Å². The largest absolute Gasteiger partial charge is 0.433 e. The van der Waals surface area contributed by atoms with Crippen LogP contribution in [0.15, 0.2) is 27.6 Å². The number of imide groups is 1. The van der Waals surface area contributed by atoms with Crippen LogP contribution in [0.4, 0.5) is 10.7 Å². The SMILES string of the molecule is O=C1NC(=O)C(N=CC=Cc2ccc([N+](=O)[O-])o2)N1. The molecule has 1 aromatic rings. The average molecular weight is 264 g/mol. The summed E-state index contributed by atoms with van der Waals surface area (Å²) in [6.45, 7) is 0. The van der Waals surface area contributed by atoms with Crippen LogP contribution < -0.4 is 10.6 Å². The number of carbonyl (C=O) groups excluding carboxylic acids is 2. The predicted octanol–water partition coefficient (Wildman–Crippen LogP) is 0.437. The van der Waals surface area contributed by atoms with Crippen LogP contribution in [0, 0.1) is 10.1 Å². The van der Waals surface area contributed by atoms with Gasteiger partial charge in [0, 0.05) is 6.21 Å². The van der Waals surface area contributed by atoms with Crippen LogP contribution in [0.1, 0.15) is 5.76 Å². The zero-order valence-corrected chi connectivity index (χ0v) is 9.40.